The van der Waals surface area contributed by atoms with Crippen molar-refractivity contribution in [3.05, 3.63) is 45.8 Å². The van der Waals surface area contributed by atoms with E-state index in [-0.39, 0.29) is 11.9 Å². The normalized spacial score (nSPS) is 14.6. The van der Waals surface area contributed by atoms with Crippen molar-refractivity contribution in [1.82, 2.24) is 4.57 Å². The number of carbonyl (C=O) groups is 1. The number of nitrogens with zero attached hydrogens (tertiary/aromatic N) is 1. The Labute approximate surface area is 124 Å². The monoisotopic (exact) mass is 337 g/mol. The molecule has 0 bridgehead atoms. The predicted molar refractivity (Wildman–Crippen MR) is 77.5 cm³/mol. The molecule has 2 aromatic rings. The smallest absolute Gasteiger partial charge is 0.352 e. The summed E-state index contributed by atoms with van der Waals surface area (Å²) in [5, 5.41) is 9.28. The van der Waals surface area contributed by atoms with Gasteiger partial charge in [0.15, 0.2) is 0 Å². The Balaban J connectivity index is 2.20. The van der Waals surface area contributed by atoms with Gasteiger partial charge in [-0.25, -0.2) is 9.18 Å². The van der Waals surface area contributed by atoms with Crippen molar-refractivity contribution in [3.8, 4) is 11.3 Å². The summed E-state index contributed by atoms with van der Waals surface area (Å²) in [5.41, 5.74) is 2.78. The number of benzene rings is 1. The van der Waals surface area contributed by atoms with E-state index in [0.717, 1.165) is 29.7 Å². The first-order valence-electron chi connectivity index (χ1n) is 6.39. The van der Waals surface area contributed by atoms with Gasteiger partial charge in [0, 0.05) is 17.3 Å². The Morgan fingerprint density at radius 3 is 2.70 bits per heavy atom. The summed E-state index contributed by atoms with van der Waals surface area (Å²) in [6, 6.07) is 6.84. The quantitative estimate of drug-likeness (QED) is 0.901. The zero-order chi connectivity index (χ0) is 14.4. The van der Waals surface area contributed by atoms with Crippen LogP contribution in [0.25, 0.3) is 11.3 Å². The first kappa shape index (κ1) is 13.4. The van der Waals surface area contributed by atoms with E-state index in [4.69, 9.17) is 0 Å². The number of carboxylic acid groups (broad SMARTS) is 1. The third-order valence-electron chi connectivity index (χ3n) is 3.59. The van der Waals surface area contributed by atoms with Gasteiger partial charge in [-0.1, -0.05) is 0 Å². The second-order valence-electron chi connectivity index (χ2n) is 5.09. The van der Waals surface area contributed by atoms with Crippen LogP contribution in [0.2, 0.25) is 0 Å². The molecule has 20 heavy (non-hydrogen) atoms. The molecule has 104 valence electrons. The number of carboxylic acids is 1. The van der Waals surface area contributed by atoms with Crippen LogP contribution in [0.4, 0.5) is 4.39 Å². The maximum Gasteiger partial charge on any atom is 0.352 e. The number of aryl methyl sites for hydroxylation is 1. The number of aromatic carboxylic acids is 1. The van der Waals surface area contributed by atoms with Crippen molar-refractivity contribution in [2.75, 3.05) is 0 Å². The summed E-state index contributed by atoms with van der Waals surface area (Å²) in [6.45, 7) is 1.83. The highest BCUT2D eigenvalue weighted by molar-refractivity contribution is 9.10. The second-order valence-corrected chi connectivity index (χ2v) is 5.95. The van der Waals surface area contributed by atoms with Gasteiger partial charge in [0.2, 0.25) is 0 Å². The summed E-state index contributed by atoms with van der Waals surface area (Å²) < 4.78 is 15.8. The number of hydrogen-bond acceptors (Lipinski definition) is 1. The maximum absolute atomic E-state index is 13.5. The van der Waals surface area contributed by atoms with E-state index in [1.54, 1.807) is 18.2 Å². The second kappa shape index (κ2) is 4.74. The van der Waals surface area contributed by atoms with Crippen molar-refractivity contribution in [3.63, 3.8) is 0 Å². The summed E-state index contributed by atoms with van der Waals surface area (Å²) >= 11 is 3.19. The molecule has 1 fully saturated rings. The van der Waals surface area contributed by atoms with Gasteiger partial charge in [-0.2, -0.15) is 0 Å². The van der Waals surface area contributed by atoms with E-state index in [9.17, 15) is 14.3 Å². The molecule has 0 radical (unpaired) electrons. The summed E-state index contributed by atoms with van der Waals surface area (Å²) in [7, 11) is 0. The maximum atomic E-state index is 13.5. The molecular formula is C15H13BrFNO2. The fourth-order valence-electron chi connectivity index (χ4n) is 2.49. The molecule has 5 heteroatoms. The van der Waals surface area contributed by atoms with Crippen molar-refractivity contribution in [2.45, 2.75) is 25.8 Å². The topological polar surface area (TPSA) is 42.2 Å². The van der Waals surface area contributed by atoms with Crippen LogP contribution in [0, 0.1) is 12.7 Å². The predicted octanol–water partition coefficient (Wildman–Crippen LogP) is 4.40. The SMILES string of the molecule is Cc1cc(F)c(Br)cc1-c1ccc(C(=O)O)n1C1CC1. The molecule has 0 amide bonds. The van der Waals surface area contributed by atoms with Crippen LogP contribution in [0.3, 0.4) is 0 Å². The van der Waals surface area contributed by atoms with Crippen LogP contribution in [-0.4, -0.2) is 15.6 Å². The average Bonchev–Trinajstić information content (AvgIpc) is 3.12. The van der Waals surface area contributed by atoms with Crippen LogP contribution in [0.5, 0.6) is 0 Å². The molecule has 3 rings (SSSR count). The van der Waals surface area contributed by atoms with Crippen molar-refractivity contribution in [1.29, 1.82) is 0 Å². The molecule has 0 atom stereocenters. The first-order chi connectivity index (χ1) is 9.49. The molecule has 1 aromatic carbocycles. The van der Waals surface area contributed by atoms with Crippen LogP contribution < -0.4 is 0 Å². The third-order valence-corrected chi connectivity index (χ3v) is 4.20. The van der Waals surface area contributed by atoms with Crippen LogP contribution in [0.15, 0.2) is 28.7 Å². The lowest BCUT2D eigenvalue weighted by atomic mass is 10.1. The average molecular weight is 338 g/mol. The third kappa shape index (κ3) is 2.16. The molecule has 1 heterocycles. The van der Waals surface area contributed by atoms with Gasteiger partial charge in [0.25, 0.3) is 0 Å². The van der Waals surface area contributed by atoms with E-state index in [2.05, 4.69) is 15.9 Å². The van der Waals surface area contributed by atoms with Gasteiger partial charge in [0.1, 0.15) is 11.5 Å². The van der Waals surface area contributed by atoms with Crippen molar-refractivity contribution < 1.29 is 14.3 Å². The molecule has 1 aromatic heterocycles. The van der Waals surface area contributed by atoms with E-state index in [0.29, 0.717) is 10.2 Å². The molecule has 1 aliphatic rings. The first-order valence-corrected chi connectivity index (χ1v) is 7.19. The Kier molecular flexibility index (Phi) is 3.17. The van der Waals surface area contributed by atoms with Crippen molar-refractivity contribution >= 4 is 21.9 Å². The largest absolute Gasteiger partial charge is 0.477 e. The summed E-state index contributed by atoms with van der Waals surface area (Å²) in [4.78, 5) is 11.3. The van der Waals surface area contributed by atoms with Gasteiger partial charge in [-0.05, 0) is 65.5 Å². The van der Waals surface area contributed by atoms with E-state index < -0.39 is 5.97 Å². The van der Waals surface area contributed by atoms with Gasteiger partial charge in [0.05, 0.1) is 4.47 Å². The molecule has 0 unspecified atom stereocenters. The molecule has 1 saturated carbocycles. The van der Waals surface area contributed by atoms with Crippen molar-refractivity contribution in [2.24, 2.45) is 0 Å². The van der Waals surface area contributed by atoms with E-state index in [1.807, 2.05) is 11.5 Å². The molecule has 1 aliphatic carbocycles. The number of hydrogen-bond donors (Lipinski definition) is 1. The minimum atomic E-state index is -0.929. The number of halogens is 2. The zero-order valence-corrected chi connectivity index (χ0v) is 12.4. The highest BCUT2D eigenvalue weighted by Gasteiger charge is 2.30. The number of rotatable bonds is 3. The molecule has 0 saturated heterocycles. The van der Waals surface area contributed by atoms with Gasteiger partial charge >= 0.3 is 5.97 Å². The van der Waals surface area contributed by atoms with E-state index >= 15 is 0 Å². The Morgan fingerprint density at radius 2 is 2.10 bits per heavy atom. The Morgan fingerprint density at radius 1 is 1.40 bits per heavy atom. The lowest BCUT2D eigenvalue weighted by molar-refractivity contribution is 0.0685. The van der Waals surface area contributed by atoms with Crippen LogP contribution in [0.1, 0.15) is 34.9 Å². The van der Waals surface area contributed by atoms with E-state index in [1.165, 1.54) is 6.07 Å². The van der Waals surface area contributed by atoms with Crippen LogP contribution >= 0.6 is 15.9 Å². The zero-order valence-electron chi connectivity index (χ0n) is 10.9. The summed E-state index contributed by atoms with van der Waals surface area (Å²) in [5.74, 6) is -1.24. The molecular weight excluding hydrogens is 325 g/mol. The molecule has 3 nitrogen and oxygen atoms in total. The lowest BCUT2D eigenvalue weighted by Gasteiger charge is -2.13. The Hall–Kier alpha value is -1.62. The van der Waals surface area contributed by atoms with Gasteiger partial charge < -0.3 is 9.67 Å². The molecule has 0 spiro atoms. The van der Waals surface area contributed by atoms with Crippen LogP contribution in [-0.2, 0) is 0 Å². The fourth-order valence-corrected chi connectivity index (χ4v) is 2.83. The standard InChI is InChI=1S/C15H13BrFNO2/c1-8-6-12(17)11(16)7-10(8)13-4-5-14(15(19)20)18(13)9-2-3-9/h4-7,9H,2-3H2,1H3,(H,19,20). The number of aromatic nitrogens is 1. The van der Waals surface area contributed by atoms with Gasteiger partial charge in [-0.3, -0.25) is 0 Å². The molecule has 1 N–H and O–H groups in total. The van der Waals surface area contributed by atoms with Gasteiger partial charge in [-0.15, -0.1) is 0 Å². The minimum Gasteiger partial charge on any atom is -0.477 e. The lowest BCUT2D eigenvalue weighted by Crippen LogP contribution is -2.08. The highest BCUT2D eigenvalue weighted by atomic mass is 79.9. The fraction of sp³-hybridized carbons (Fsp3) is 0.267. The molecule has 0 aliphatic heterocycles. The summed E-state index contributed by atoms with van der Waals surface area (Å²) in [6.07, 6.45) is 1.98. The highest BCUT2D eigenvalue weighted by Crippen LogP contribution is 2.41. The minimum absolute atomic E-state index is 0.245. The Bertz CT molecular complexity index is 704.